The number of hydrogen-bond acceptors (Lipinski definition) is 4. The fraction of sp³-hybridized carbons (Fsp3) is 0.688. The van der Waals surface area contributed by atoms with Gasteiger partial charge in [0.2, 0.25) is 0 Å². The van der Waals surface area contributed by atoms with Crippen LogP contribution in [0.25, 0.3) is 0 Å². The number of aromatic nitrogens is 2. The molecule has 6 heteroatoms. The van der Waals surface area contributed by atoms with E-state index >= 15 is 0 Å². The first-order chi connectivity index (χ1) is 10.5. The first-order valence-corrected chi connectivity index (χ1v) is 7.99. The normalized spacial score (nSPS) is 17.6. The maximum atomic E-state index is 12.2. The number of carbonyl (C=O) groups excluding carboxylic acids is 2. The summed E-state index contributed by atoms with van der Waals surface area (Å²) >= 11 is 0. The molecule has 1 aromatic rings. The molecule has 1 heterocycles. The fourth-order valence-corrected chi connectivity index (χ4v) is 2.72. The molecule has 1 aromatic heterocycles. The molecule has 1 N–H and O–H groups in total. The lowest BCUT2D eigenvalue weighted by Gasteiger charge is -2.19. The number of carbonyl (C=O) groups is 2. The average molecular weight is 307 g/mol. The van der Waals surface area contributed by atoms with E-state index in [0.717, 1.165) is 31.4 Å². The van der Waals surface area contributed by atoms with Crippen LogP contribution >= 0.6 is 0 Å². The molecule has 1 aliphatic carbocycles. The number of hydrogen-bond donors (Lipinski definition) is 1. The second-order valence-corrected chi connectivity index (χ2v) is 6.01. The summed E-state index contributed by atoms with van der Waals surface area (Å²) in [6.07, 6.45) is 7.45. The maximum absolute atomic E-state index is 12.2. The highest BCUT2D eigenvalue weighted by molar-refractivity contribution is 5.92. The number of nitrogens with zero attached hydrogens (tertiary/aromatic N) is 2. The summed E-state index contributed by atoms with van der Waals surface area (Å²) in [7, 11) is 1.76. The van der Waals surface area contributed by atoms with E-state index in [1.165, 1.54) is 19.0 Å². The Hall–Kier alpha value is -1.85. The van der Waals surface area contributed by atoms with E-state index < -0.39 is 12.1 Å². The molecule has 1 aliphatic rings. The third kappa shape index (κ3) is 4.08. The predicted octanol–water partition coefficient (Wildman–Crippen LogP) is 2.11. The van der Waals surface area contributed by atoms with E-state index in [1.54, 1.807) is 25.6 Å². The van der Waals surface area contributed by atoms with Gasteiger partial charge in [-0.2, -0.15) is 5.10 Å². The molecule has 0 radical (unpaired) electrons. The summed E-state index contributed by atoms with van der Waals surface area (Å²) in [5.74, 6) is -0.726. The third-order valence-electron chi connectivity index (χ3n) is 4.31. The highest BCUT2D eigenvalue weighted by atomic mass is 16.5. The van der Waals surface area contributed by atoms with Gasteiger partial charge in [0.15, 0.2) is 6.10 Å². The van der Waals surface area contributed by atoms with Crippen LogP contribution in [0.2, 0.25) is 0 Å². The van der Waals surface area contributed by atoms with E-state index in [4.69, 9.17) is 4.74 Å². The Labute approximate surface area is 131 Å². The molecule has 22 heavy (non-hydrogen) atoms. The van der Waals surface area contributed by atoms with Crippen molar-refractivity contribution in [3.8, 4) is 0 Å². The zero-order valence-electron chi connectivity index (χ0n) is 13.6. The number of ether oxygens (including phenoxy) is 1. The lowest BCUT2D eigenvalue weighted by Crippen LogP contribution is -2.41. The summed E-state index contributed by atoms with van der Waals surface area (Å²) in [5.41, 5.74) is 1.12. The van der Waals surface area contributed by atoms with E-state index in [-0.39, 0.29) is 11.9 Å². The Kier molecular flexibility index (Phi) is 5.57. The van der Waals surface area contributed by atoms with Crippen LogP contribution in [0.4, 0.5) is 0 Å². The molecule has 0 aliphatic heterocycles. The van der Waals surface area contributed by atoms with Gasteiger partial charge in [0.05, 0.1) is 6.20 Å². The highest BCUT2D eigenvalue weighted by Crippen LogP contribution is 2.17. The molecule has 1 amide bonds. The van der Waals surface area contributed by atoms with Crippen LogP contribution in [0.5, 0.6) is 0 Å². The maximum Gasteiger partial charge on any atom is 0.342 e. The number of nitrogens with one attached hydrogen (secondary N) is 1. The van der Waals surface area contributed by atoms with Crippen molar-refractivity contribution in [2.45, 2.75) is 64.5 Å². The lowest BCUT2D eigenvalue weighted by atomic mass is 10.1. The summed E-state index contributed by atoms with van der Waals surface area (Å²) in [6.45, 7) is 3.40. The van der Waals surface area contributed by atoms with Gasteiger partial charge in [-0.05, 0) is 26.7 Å². The molecule has 0 unspecified atom stereocenters. The van der Waals surface area contributed by atoms with Crippen molar-refractivity contribution in [1.29, 1.82) is 0 Å². The predicted molar refractivity (Wildman–Crippen MR) is 82.5 cm³/mol. The molecule has 1 fully saturated rings. The quantitative estimate of drug-likeness (QED) is 0.683. The average Bonchev–Trinajstić information content (AvgIpc) is 2.69. The van der Waals surface area contributed by atoms with Gasteiger partial charge in [-0.3, -0.25) is 9.48 Å². The summed E-state index contributed by atoms with van der Waals surface area (Å²) in [5, 5.41) is 7.01. The number of amides is 1. The fourth-order valence-electron chi connectivity index (χ4n) is 2.72. The van der Waals surface area contributed by atoms with E-state index in [9.17, 15) is 9.59 Å². The van der Waals surface area contributed by atoms with Gasteiger partial charge >= 0.3 is 5.97 Å². The molecule has 1 saturated carbocycles. The molecule has 2 rings (SSSR count). The number of esters is 1. The first-order valence-electron chi connectivity index (χ1n) is 7.99. The molecule has 0 saturated heterocycles. The smallest absolute Gasteiger partial charge is 0.342 e. The Morgan fingerprint density at radius 1 is 1.32 bits per heavy atom. The van der Waals surface area contributed by atoms with Gasteiger partial charge in [0.1, 0.15) is 5.56 Å². The molecule has 1 atom stereocenters. The molecule has 0 bridgehead atoms. The Morgan fingerprint density at radius 2 is 1.95 bits per heavy atom. The van der Waals surface area contributed by atoms with Gasteiger partial charge in [-0.25, -0.2) is 4.79 Å². The zero-order chi connectivity index (χ0) is 16.1. The van der Waals surface area contributed by atoms with Gasteiger partial charge < -0.3 is 10.1 Å². The van der Waals surface area contributed by atoms with Crippen LogP contribution in [0, 0.1) is 6.92 Å². The minimum Gasteiger partial charge on any atom is -0.449 e. The topological polar surface area (TPSA) is 73.2 Å². The Balaban J connectivity index is 1.87. The second kappa shape index (κ2) is 7.42. The molecular weight excluding hydrogens is 282 g/mol. The van der Waals surface area contributed by atoms with Crippen LogP contribution in [0.1, 0.15) is 61.5 Å². The summed E-state index contributed by atoms with van der Waals surface area (Å²) in [4.78, 5) is 24.3. The van der Waals surface area contributed by atoms with Gasteiger partial charge in [-0.15, -0.1) is 0 Å². The van der Waals surface area contributed by atoms with Crippen molar-refractivity contribution < 1.29 is 14.3 Å². The first kappa shape index (κ1) is 16.5. The van der Waals surface area contributed by atoms with Crippen LogP contribution in [0.3, 0.4) is 0 Å². The summed E-state index contributed by atoms with van der Waals surface area (Å²) < 4.78 is 6.86. The minimum atomic E-state index is -0.796. The van der Waals surface area contributed by atoms with Gasteiger partial charge in [0.25, 0.3) is 5.91 Å². The Morgan fingerprint density at radius 3 is 2.50 bits per heavy atom. The van der Waals surface area contributed by atoms with Crippen LogP contribution in [0.15, 0.2) is 6.20 Å². The SMILES string of the molecule is Cc1c(C(=O)O[C@H](C)C(=O)NC2CCCCCC2)cnn1C. The van der Waals surface area contributed by atoms with E-state index in [1.807, 2.05) is 0 Å². The van der Waals surface area contributed by atoms with Crippen LogP contribution in [-0.4, -0.2) is 33.8 Å². The van der Waals surface area contributed by atoms with Crippen molar-refractivity contribution >= 4 is 11.9 Å². The molecular formula is C16H25N3O3. The molecule has 0 aromatic carbocycles. The van der Waals surface area contributed by atoms with Crippen LogP contribution < -0.4 is 5.32 Å². The molecule has 122 valence electrons. The van der Waals surface area contributed by atoms with E-state index in [2.05, 4.69) is 10.4 Å². The van der Waals surface area contributed by atoms with Crippen molar-refractivity contribution in [2.24, 2.45) is 7.05 Å². The summed E-state index contributed by atoms with van der Waals surface area (Å²) in [6, 6.07) is 0.205. The lowest BCUT2D eigenvalue weighted by molar-refractivity contribution is -0.129. The van der Waals surface area contributed by atoms with Crippen molar-refractivity contribution in [3.05, 3.63) is 17.5 Å². The zero-order valence-corrected chi connectivity index (χ0v) is 13.6. The molecule has 0 spiro atoms. The monoisotopic (exact) mass is 307 g/mol. The van der Waals surface area contributed by atoms with Crippen molar-refractivity contribution in [2.75, 3.05) is 0 Å². The van der Waals surface area contributed by atoms with Crippen molar-refractivity contribution in [3.63, 3.8) is 0 Å². The standard InChI is InChI=1S/C16H25N3O3/c1-11-14(10-17-19(11)3)16(21)22-12(2)15(20)18-13-8-6-4-5-7-9-13/h10,12-13H,4-9H2,1-3H3,(H,18,20)/t12-/m1/s1. The van der Waals surface area contributed by atoms with E-state index in [0.29, 0.717) is 5.56 Å². The van der Waals surface area contributed by atoms with Gasteiger partial charge in [-0.1, -0.05) is 25.7 Å². The Bertz CT molecular complexity index is 531. The third-order valence-corrected chi connectivity index (χ3v) is 4.31. The largest absolute Gasteiger partial charge is 0.449 e. The van der Waals surface area contributed by atoms with Gasteiger partial charge in [0, 0.05) is 18.8 Å². The number of aryl methyl sites for hydroxylation is 1. The highest BCUT2D eigenvalue weighted by Gasteiger charge is 2.23. The minimum absolute atomic E-state index is 0.205. The number of rotatable bonds is 4. The second-order valence-electron chi connectivity index (χ2n) is 6.01. The molecule has 6 nitrogen and oxygen atoms in total. The van der Waals surface area contributed by atoms with Crippen LogP contribution in [-0.2, 0) is 16.6 Å². The van der Waals surface area contributed by atoms with Crippen molar-refractivity contribution in [1.82, 2.24) is 15.1 Å².